The summed E-state index contributed by atoms with van der Waals surface area (Å²) in [6.07, 6.45) is -0.550. The highest BCUT2D eigenvalue weighted by Crippen LogP contribution is 2.27. The highest BCUT2D eigenvalue weighted by Gasteiger charge is 2.13. The molecule has 5 nitrogen and oxygen atoms in total. The van der Waals surface area contributed by atoms with E-state index in [4.69, 9.17) is 16.3 Å². The molecule has 0 fully saturated rings. The van der Waals surface area contributed by atoms with E-state index in [0.717, 1.165) is 11.3 Å². The molecule has 0 spiro atoms. The van der Waals surface area contributed by atoms with Crippen LogP contribution in [-0.4, -0.2) is 17.4 Å². The molecule has 0 radical (unpaired) electrons. The van der Waals surface area contributed by atoms with Crippen molar-refractivity contribution in [2.75, 3.05) is 5.32 Å². The predicted octanol–water partition coefficient (Wildman–Crippen LogP) is 4.72. The molecular formula is C18H21ClN2O3. The number of carbonyl (C=O) groups excluding carboxylic acids is 1. The van der Waals surface area contributed by atoms with Gasteiger partial charge in [0, 0.05) is 5.02 Å². The fourth-order valence-electron chi connectivity index (χ4n) is 2.24. The number of aromatic hydroxyl groups is 1. The van der Waals surface area contributed by atoms with E-state index in [-0.39, 0.29) is 11.4 Å². The van der Waals surface area contributed by atoms with Crippen molar-refractivity contribution in [1.82, 2.24) is 5.32 Å². The molecule has 3 N–H and O–H groups in total. The molecule has 2 rings (SSSR count). The zero-order chi connectivity index (χ0) is 17.7. The third-order valence-electron chi connectivity index (χ3n) is 3.39. The number of carbonyl (C=O) groups is 1. The van der Waals surface area contributed by atoms with Crippen LogP contribution in [0, 0.1) is 0 Å². The third-order valence-corrected chi connectivity index (χ3v) is 3.62. The van der Waals surface area contributed by atoms with Gasteiger partial charge in [-0.15, -0.1) is 0 Å². The zero-order valence-electron chi connectivity index (χ0n) is 13.8. The van der Waals surface area contributed by atoms with Gasteiger partial charge >= 0.3 is 6.03 Å². The number of phenols is 1. The number of hydrogen-bond donors (Lipinski definition) is 3. The number of hydrogen-bond acceptors (Lipinski definition) is 3. The number of para-hydroxylation sites is 1. The van der Waals surface area contributed by atoms with Crippen LogP contribution in [0.5, 0.6) is 11.5 Å². The minimum Gasteiger partial charge on any atom is -0.506 e. The second-order valence-electron chi connectivity index (χ2n) is 5.71. The highest BCUT2D eigenvalue weighted by atomic mass is 35.5. The van der Waals surface area contributed by atoms with E-state index in [9.17, 15) is 9.90 Å². The number of amides is 2. The first-order chi connectivity index (χ1) is 11.4. The molecular weight excluding hydrogens is 328 g/mol. The van der Waals surface area contributed by atoms with Crippen molar-refractivity contribution in [3.05, 3.63) is 53.1 Å². The summed E-state index contributed by atoms with van der Waals surface area (Å²) in [5, 5.41) is 15.3. The van der Waals surface area contributed by atoms with E-state index in [1.807, 2.05) is 24.3 Å². The molecule has 128 valence electrons. The minimum atomic E-state index is -0.550. The lowest BCUT2D eigenvalue weighted by molar-refractivity contribution is 0.181. The van der Waals surface area contributed by atoms with E-state index in [1.165, 1.54) is 18.2 Å². The number of anilines is 1. The number of phenolic OH excluding ortho intramolecular Hbond substituents is 1. The summed E-state index contributed by atoms with van der Waals surface area (Å²) in [6, 6.07) is 11.6. The maximum absolute atomic E-state index is 12.0. The molecule has 24 heavy (non-hydrogen) atoms. The smallest absolute Gasteiger partial charge is 0.322 e. The lowest BCUT2D eigenvalue weighted by Crippen LogP contribution is -2.39. The summed E-state index contributed by atoms with van der Waals surface area (Å²) >= 11 is 5.85. The van der Waals surface area contributed by atoms with Gasteiger partial charge in [-0.3, -0.25) is 0 Å². The Balaban J connectivity index is 1.98. The van der Waals surface area contributed by atoms with E-state index in [1.54, 1.807) is 6.92 Å². The third kappa shape index (κ3) is 4.80. The monoisotopic (exact) mass is 348 g/mol. The van der Waals surface area contributed by atoms with Crippen molar-refractivity contribution in [2.24, 2.45) is 0 Å². The van der Waals surface area contributed by atoms with Crippen LogP contribution < -0.4 is 15.4 Å². The molecule has 0 saturated carbocycles. The second-order valence-corrected chi connectivity index (χ2v) is 6.15. The van der Waals surface area contributed by atoms with Crippen LogP contribution in [0.2, 0.25) is 5.02 Å². The molecule has 2 aromatic rings. The van der Waals surface area contributed by atoms with Crippen LogP contribution in [0.25, 0.3) is 0 Å². The quantitative estimate of drug-likeness (QED) is 0.541. The van der Waals surface area contributed by atoms with Crippen molar-refractivity contribution in [3.63, 3.8) is 0 Å². The molecule has 0 aliphatic heterocycles. The van der Waals surface area contributed by atoms with Crippen molar-refractivity contribution in [2.45, 2.75) is 32.9 Å². The summed E-state index contributed by atoms with van der Waals surface area (Å²) in [6.45, 7) is 5.89. The Bertz CT molecular complexity index is 719. The molecule has 0 aliphatic rings. The Morgan fingerprint density at radius 1 is 1.17 bits per heavy atom. The minimum absolute atomic E-state index is 0.0618. The van der Waals surface area contributed by atoms with Crippen LogP contribution in [0.1, 0.15) is 32.3 Å². The summed E-state index contributed by atoms with van der Waals surface area (Å²) in [5.74, 6) is 0.977. The van der Waals surface area contributed by atoms with Crippen molar-refractivity contribution in [1.29, 1.82) is 0 Å². The van der Waals surface area contributed by atoms with Gasteiger partial charge < -0.3 is 20.5 Å². The van der Waals surface area contributed by atoms with Gasteiger partial charge in [-0.05, 0) is 42.7 Å². The summed E-state index contributed by atoms with van der Waals surface area (Å²) in [4.78, 5) is 12.0. The van der Waals surface area contributed by atoms with E-state index < -0.39 is 12.3 Å². The average molecular weight is 349 g/mol. The number of urea groups is 1. The molecule has 1 unspecified atom stereocenters. The highest BCUT2D eigenvalue weighted by molar-refractivity contribution is 6.31. The van der Waals surface area contributed by atoms with Gasteiger partial charge in [0.15, 0.2) is 6.23 Å². The van der Waals surface area contributed by atoms with Gasteiger partial charge in [0.1, 0.15) is 11.5 Å². The second kappa shape index (κ2) is 7.93. The number of halogens is 1. The Morgan fingerprint density at radius 3 is 2.58 bits per heavy atom. The Hall–Kier alpha value is -2.40. The van der Waals surface area contributed by atoms with Gasteiger partial charge in [0.2, 0.25) is 0 Å². The standard InChI is InChI=1S/C18H21ClN2O3/c1-11(2)14-6-4-5-7-17(14)24-12(3)20-18(23)21-15-10-13(19)8-9-16(15)22/h4-12,22H,1-3H3,(H2,20,21,23). The van der Waals surface area contributed by atoms with E-state index in [0.29, 0.717) is 10.9 Å². The molecule has 0 saturated heterocycles. The normalized spacial score (nSPS) is 11.9. The zero-order valence-corrected chi connectivity index (χ0v) is 14.6. The number of nitrogens with one attached hydrogen (secondary N) is 2. The number of rotatable bonds is 5. The van der Waals surface area contributed by atoms with E-state index in [2.05, 4.69) is 24.5 Å². The van der Waals surface area contributed by atoms with Gasteiger partial charge in [-0.25, -0.2) is 4.79 Å². The molecule has 0 aromatic heterocycles. The molecule has 6 heteroatoms. The van der Waals surface area contributed by atoms with Crippen LogP contribution in [-0.2, 0) is 0 Å². The van der Waals surface area contributed by atoms with Gasteiger partial charge in [0.05, 0.1) is 5.69 Å². The van der Waals surface area contributed by atoms with Gasteiger partial charge in [-0.1, -0.05) is 43.6 Å². The first-order valence-electron chi connectivity index (χ1n) is 7.68. The molecule has 0 heterocycles. The average Bonchev–Trinajstić information content (AvgIpc) is 2.51. The first-order valence-corrected chi connectivity index (χ1v) is 8.06. The van der Waals surface area contributed by atoms with Crippen molar-refractivity contribution >= 4 is 23.3 Å². The molecule has 1 atom stereocenters. The fourth-order valence-corrected chi connectivity index (χ4v) is 2.41. The molecule has 0 aliphatic carbocycles. The lowest BCUT2D eigenvalue weighted by Gasteiger charge is -2.20. The first kappa shape index (κ1) is 17.9. The number of ether oxygens (including phenoxy) is 1. The largest absolute Gasteiger partial charge is 0.506 e. The number of benzene rings is 2. The Kier molecular flexibility index (Phi) is 5.93. The topological polar surface area (TPSA) is 70.6 Å². The van der Waals surface area contributed by atoms with Crippen molar-refractivity contribution in [3.8, 4) is 11.5 Å². The summed E-state index contributed by atoms with van der Waals surface area (Å²) in [7, 11) is 0. The molecule has 0 bridgehead atoms. The van der Waals surface area contributed by atoms with Gasteiger partial charge in [-0.2, -0.15) is 0 Å². The summed E-state index contributed by atoms with van der Waals surface area (Å²) in [5.41, 5.74) is 1.30. The Morgan fingerprint density at radius 2 is 1.88 bits per heavy atom. The van der Waals surface area contributed by atoms with E-state index >= 15 is 0 Å². The van der Waals surface area contributed by atoms with Gasteiger partial charge in [0.25, 0.3) is 0 Å². The SMILES string of the molecule is CC(NC(=O)Nc1cc(Cl)ccc1O)Oc1ccccc1C(C)C. The predicted molar refractivity (Wildman–Crippen MR) is 95.9 cm³/mol. The van der Waals surface area contributed by atoms with Crippen LogP contribution in [0.15, 0.2) is 42.5 Å². The van der Waals surface area contributed by atoms with Crippen LogP contribution in [0.3, 0.4) is 0 Å². The maximum atomic E-state index is 12.0. The Labute approximate surface area is 146 Å². The fraction of sp³-hybridized carbons (Fsp3) is 0.278. The summed E-state index contributed by atoms with van der Waals surface area (Å²) < 4.78 is 5.81. The lowest BCUT2D eigenvalue weighted by atomic mass is 10.0. The van der Waals surface area contributed by atoms with Crippen LogP contribution >= 0.6 is 11.6 Å². The van der Waals surface area contributed by atoms with Crippen molar-refractivity contribution < 1.29 is 14.6 Å². The molecule has 2 amide bonds. The molecule has 2 aromatic carbocycles. The van der Waals surface area contributed by atoms with Crippen LogP contribution in [0.4, 0.5) is 10.5 Å². The maximum Gasteiger partial charge on any atom is 0.322 e.